The van der Waals surface area contributed by atoms with E-state index in [0.29, 0.717) is 12.8 Å². The van der Waals surface area contributed by atoms with E-state index in [1.807, 2.05) is 48.5 Å². The molecule has 4 nitrogen and oxygen atoms in total. The van der Waals surface area contributed by atoms with Crippen LogP contribution in [0.15, 0.2) is 60.7 Å². The monoisotopic (exact) mass is 332 g/mol. The van der Waals surface area contributed by atoms with Gasteiger partial charge in [0.25, 0.3) is 0 Å². The van der Waals surface area contributed by atoms with Gasteiger partial charge in [-0.25, -0.2) is 0 Å². The smallest absolute Gasteiger partial charge is 0.548 e. The first-order valence-corrected chi connectivity index (χ1v) is 7.99. The van der Waals surface area contributed by atoms with Crippen LogP contribution in [-0.2, 0) is 11.3 Å². The Kier molecular flexibility index (Phi) is 6.87. The average molecular weight is 332 g/mol. The van der Waals surface area contributed by atoms with Crippen LogP contribution in [0.4, 0.5) is 5.69 Å². The quantitative estimate of drug-likeness (QED) is 0.706. The number of nitrogens with one attached hydrogen (secondary N) is 1. The first-order valence-electron chi connectivity index (χ1n) is 7.99. The number of carbonyl (C=O) groups is 1. The van der Waals surface area contributed by atoms with Crippen LogP contribution in [0.2, 0.25) is 0 Å². The van der Waals surface area contributed by atoms with Crippen LogP contribution in [0.5, 0.6) is 0 Å². The van der Waals surface area contributed by atoms with Gasteiger partial charge in [-0.15, -0.1) is 0 Å². The second-order valence-corrected chi connectivity index (χ2v) is 6.12. The minimum absolute atomic E-state index is 0. The molecule has 1 heterocycles. The summed E-state index contributed by atoms with van der Waals surface area (Å²) in [6, 6.07) is 19.8. The SMILES string of the molecule is O=C([O-])C1(Nc2ccccc2)CCN(Cc2ccccc2)CC1.[Na+]. The van der Waals surface area contributed by atoms with Crippen molar-refractivity contribution in [2.24, 2.45) is 0 Å². The van der Waals surface area contributed by atoms with E-state index >= 15 is 0 Å². The number of carboxylic acids is 1. The Morgan fingerprint density at radius 3 is 2.08 bits per heavy atom. The molecule has 0 radical (unpaired) electrons. The zero-order valence-corrected chi connectivity index (χ0v) is 16.1. The summed E-state index contributed by atoms with van der Waals surface area (Å²) in [7, 11) is 0. The fourth-order valence-electron chi connectivity index (χ4n) is 3.11. The normalized spacial score (nSPS) is 16.8. The summed E-state index contributed by atoms with van der Waals surface area (Å²) in [5.74, 6) is -1.01. The molecule has 2 aromatic carbocycles. The van der Waals surface area contributed by atoms with E-state index in [0.717, 1.165) is 25.3 Å². The van der Waals surface area contributed by atoms with Crippen molar-refractivity contribution in [1.82, 2.24) is 4.90 Å². The molecule has 0 amide bonds. The molecule has 0 aliphatic carbocycles. The summed E-state index contributed by atoms with van der Waals surface area (Å²) in [6.45, 7) is 2.33. The number of carboxylic acid groups (broad SMARTS) is 1. The molecule has 1 N–H and O–H groups in total. The number of aliphatic carboxylic acids is 1. The minimum atomic E-state index is -1.01. The van der Waals surface area contributed by atoms with Gasteiger partial charge in [-0.05, 0) is 30.5 Å². The number of anilines is 1. The topological polar surface area (TPSA) is 55.4 Å². The number of para-hydroxylation sites is 1. The van der Waals surface area contributed by atoms with Crippen LogP contribution >= 0.6 is 0 Å². The van der Waals surface area contributed by atoms with Crippen molar-refractivity contribution in [2.75, 3.05) is 18.4 Å². The molecule has 0 atom stereocenters. The van der Waals surface area contributed by atoms with E-state index in [1.165, 1.54) is 5.56 Å². The standard InChI is InChI=1S/C19H22N2O2.Na/c22-18(23)19(20-17-9-5-2-6-10-17)11-13-21(14-12-19)15-16-7-3-1-4-8-16;/h1-10,20H,11-15H2,(H,22,23);/q;+1/p-1. The van der Waals surface area contributed by atoms with Gasteiger partial charge in [0.1, 0.15) is 0 Å². The number of nitrogens with zero attached hydrogens (tertiary/aromatic N) is 1. The van der Waals surface area contributed by atoms with Crippen LogP contribution in [0, 0.1) is 0 Å². The van der Waals surface area contributed by atoms with E-state index in [4.69, 9.17) is 0 Å². The zero-order chi connectivity index (χ0) is 16.1. The van der Waals surface area contributed by atoms with Crippen LogP contribution in [-0.4, -0.2) is 29.5 Å². The molecule has 0 bridgehead atoms. The van der Waals surface area contributed by atoms with E-state index in [1.54, 1.807) is 0 Å². The fourth-order valence-corrected chi connectivity index (χ4v) is 3.11. The Hall–Kier alpha value is -1.33. The Morgan fingerprint density at radius 1 is 1.00 bits per heavy atom. The third-order valence-electron chi connectivity index (χ3n) is 4.51. The van der Waals surface area contributed by atoms with Crippen LogP contribution < -0.4 is 40.0 Å². The first kappa shape index (κ1) is 19.0. The summed E-state index contributed by atoms with van der Waals surface area (Å²) in [6.07, 6.45) is 1.08. The molecule has 1 saturated heterocycles. The summed E-state index contributed by atoms with van der Waals surface area (Å²) in [4.78, 5) is 14.0. The Labute approximate surface area is 165 Å². The van der Waals surface area contributed by atoms with Gasteiger partial charge in [-0.1, -0.05) is 48.5 Å². The molecule has 1 aliphatic rings. The molecule has 0 spiro atoms. The van der Waals surface area contributed by atoms with E-state index in [9.17, 15) is 9.90 Å². The number of rotatable bonds is 5. The largest absolute Gasteiger partial charge is 1.00 e. The van der Waals surface area contributed by atoms with Gasteiger partial charge in [0.2, 0.25) is 0 Å². The molecule has 0 saturated carbocycles. The average Bonchev–Trinajstić information content (AvgIpc) is 2.58. The molecule has 120 valence electrons. The van der Waals surface area contributed by atoms with Gasteiger partial charge < -0.3 is 15.2 Å². The molecule has 1 aliphatic heterocycles. The van der Waals surface area contributed by atoms with Crippen molar-refractivity contribution in [3.8, 4) is 0 Å². The molecule has 0 aromatic heterocycles. The van der Waals surface area contributed by atoms with Gasteiger partial charge in [0, 0.05) is 25.3 Å². The van der Waals surface area contributed by atoms with Crippen molar-refractivity contribution < 1.29 is 39.5 Å². The number of hydrogen-bond donors (Lipinski definition) is 1. The molecule has 3 rings (SSSR count). The van der Waals surface area contributed by atoms with Crippen molar-refractivity contribution in [2.45, 2.75) is 24.9 Å². The van der Waals surface area contributed by atoms with Crippen molar-refractivity contribution in [3.05, 3.63) is 66.2 Å². The summed E-state index contributed by atoms with van der Waals surface area (Å²) < 4.78 is 0. The second kappa shape index (κ2) is 8.67. The second-order valence-electron chi connectivity index (χ2n) is 6.12. The first-order chi connectivity index (χ1) is 11.2. The number of likely N-dealkylation sites (tertiary alicyclic amines) is 1. The Balaban J connectivity index is 0.00000208. The maximum absolute atomic E-state index is 11.8. The van der Waals surface area contributed by atoms with Gasteiger partial charge in [0.15, 0.2) is 0 Å². The number of piperidine rings is 1. The van der Waals surface area contributed by atoms with Gasteiger partial charge in [0.05, 0.1) is 11.5 Å². The predicted octanol–water partition coefficient (Wildman–Crippen LogP) is -1.11. The predicted molar refractivity (Wildman–Crippen MR) is 88.8 cm³/mol. The molecular weight excluding hydrogens is 311 g/mol. The van der Waals surface area contributed by atoms with E-state index in [-0.39, 0.29) is 29.6 Å². The van der Waals surface area contributed by atoms with Gasteiger partial charge in [-0.2, -0.15) is 0 Å². The molecular formula is C19H21N2NaO2. The maximum Gasteiger partial charge on any atom is 1.00 e. The zero-order valence-electron chi connectivity index (χ0n) is 14.1. The van der Waals surface area contributed by atoms with E-state index < -0.39 is 11.5 Å². The molecule has 24 heavy (non-hydrogen) atoms. The van der Waals surface area contributed by atoms with Crippen molar-refractivity contribution in [1.29, 1.82) is 0 Å². The van der Waals surface area contributed by atoms with Crippen LogP contribution in [0.3, 0.4) is 0 Å². The Bertz CT molecular complexity index is 641. The third kappa shape index (κ3) is 4.61. The molecule has 0 unspecified atom stereocenters. The van der Waals surface area contributed by atoms with Crippen LogP contribution in [0.25, 0.3) is 0 Å². The fraction of sp³-hybridized carbons (Fsp3) is 0.316. The van der Waals surface area contributed by atoms with Crippen molar-refractivity contribution in [3.63, 3.8) is 0 Å². The van der Waals surface area contributed by atoms with Crippen LogP contribution in [0.1, 0.15) is 18.4 Å². The summed E-state index contributed by atoms with van der Waals surface area (Å²) in [5.41, 5.74) is 1.10. The number of hydrogen-bond acceptors (Lipinski definition) is 4. The van der Waals surface area contributed by atoms with Gasteiger partial charge >= 0.3 is 29.6 Å². The number of benzene rings is 2. The minimum Gasteiger partial charge on any atom is -0.548 e. The summed E-state index contributed by atoms with van der Waals surface area (Å²) in [5, 5.41) is 14.9. The molecule has 1 fully saturated rings. The molecule has 5 heteroatoms. The van der Waals surface area contributed by atoms with Crippen molar-refractivity contribution >= 4 is 11.7 Å². The maximum atomic E-state index is 11.8. The molecule has 2 aromatic rings. The summed E-state index contributed by atoms with van der Waals surface area (Å²) >= 11 is 0. The van der Waals surface area contributed by atoms with E-state index in [2.05, 4.69) is 22.3 Å². The third-order valence-corrected chi connectivity index (χ3v) is 4.51. The Morgan fingerprint density at radius 2 is 1.54 bits per heavy atom. The van der Waals surface area contributed by atoms with Gasteiger partial charge in [-0.3, -0.25) is 4.90 Å². The number of carbonyl (C=O) groups excluding carboxylic acids is 1.